The summed E-state index contributed by atoms with van der Waals surface area (Å²) in [4.78, 5) is 4.24. The number of guanidine groups is 1. The Bertz CT molecular complexity index is 432. The van der Waals surface area contributed by atoms with Crippen LogP contribution in [0.4, 0.5) is 10.1 Å². The number of nitrogens with two attached hydrogens (primary N) is 1. The van der Waals surface area contributed by atoms with E-state index >= 15 is 0 Å². The maximum absolute atomic E-state index is 13.2. The first kappa shape index (κ1) is 13.9. The number of anilines is 1. The average Bonchev–Trinajstić information content (AvgIpc) is 2.24. The van der Waals surface area contributed by atoms with Gasteiger partial charge >= 0.3 is 0 Å². The lowest BCUT2D eigenvalue weighted by molar-refractivity contribution is 0.620. The molecular weight excluding hydrogens is 287 g/mol. The van der Waals surface area contributed by atoms with Crippen LogP contribution in [0.2, 0.25) is 0 Å². The summed E-state index contributed by atoms with van der Waals surface area (Å²) in [5, 5.41) is 3.01. The number of benzene rings is 1. The molecule has 0 fully saturated rings. The fraction of sp³-hybridized carbons (Fsp3) is 0.364. The van der Waals surface area contributed by atoms with Crippen molar-refractivity contribution < 1.29 is 4.39 Å². The van der Waals surface area contributed by atoms with E-state index in [1.54, 1.807) is 13.0 Å². The topological polar surface area (TPSA) is 62.4 Å². The van der Waals surface area contributed by atoms with E-state index in [1.165, 1.54) is 6.07 Å². The van der Waals surface area contributed by atoms with Gasteiger partial charge in [0.1, 0.15) is 5.82 Å². The van der Waals surface area contributed by atoms with Crippen LogP contribution in [-0.2, 0) is 0 Å². The van der Waals surface area contributed by atoms with Gasteiger partial charge in [0.25, 0.3) is 0 Å². The highest BCUT2D eigenvalue weighted by Crippen LogP contribution is 2.24. The fourth-order valence-corrected chi connectivity index (χ4v) is 1.62. The van der Waals surface area contributed by atoms with Crippen molar-refractivity contribution in [2.45, 2.75) is 26.8 Å². The van der Waals surface area contributed by atoms with E-state index in [4.69, 9.17) is 5.84 Å². The van der Waals surface area contributed by atoms with Crippen molar-refractivity contribution in [3.8, 4) is 0 Å². The highest BCUT2D eigenvalue weighted by molar-refractivity contribution is 9.10. The highest BCUT2D eigenvalue weighted by Gasteiger charge is 2.07. The molecule has 4 nitrogen and oxygen atoms in total. The van der Waals surface area contributed by atoms with E-state index in [-0.39, 0.29) is 11.9 Å². The molecule has 0 aliphatic carbocycles. The van der Waals surface area contributed by atoms with Gasteiger partial charge in [-0.2, -0.15) is 0 Å². The minimum Gasteiger partial charge on any atom is -0.325 e. The first-order valence-electron chi connectivity index (χ1n) is 5.21. The second kappa shape index (κ2) is 5.97. The van der Waals surface area contributed by atoms with Crippen LogP contribution in [0.25, 0.3) is 0 Å². The zero-order chi connectivity index (χ0) is 13.0. The summed E-state index contributed by atoms with van der Waals surface area (Å²) in [5.41, 5.74) is 3.99. The van der Waals surface area contributed by atoms with Crippen LogP contribution in [0.5, 0.6) is 0 Å². The fourth-order valence-electron chi connectivity index (χ4n) is 1.27. The van der Waals surface area contributed by atoms with E-state index in [0.717, 1.165) is 11.3 Å². The number of rotatable bonds is 2. The number of nitrogens with one attached hydrogen (secondary N) is 2. The molecule has 0 bridgehead atoms. The molecule has 0 saturated carbocycles. The quantitative estimate of drug-likeness (QED) is 0.340. The van der Waals surface area contributed by atoms with E-state index in [1.807, 2.05) is 13.8 Å². The summed E-state index contributed by atoms with van der Waals surface area (Å²) in [7, 11) is 0. The monoisotopic (exact) mass is 302 g/mol. The van der Waals surface area contributed by atoms with Gasteiger partial charge < -0.3 is 5.32 Å². The molecule has 0 unspecified atom stereocenters. The summed E-state index contributed by atoms with van der Waals surface area (Å²) in [5.74, 6) is 5.51. The first-order valence-corrected chi connectivity index (χ1v) is 6.00. The lowest BCUT2D eigenvalue weighted by Gasteiger charge is -2.13. The van der Waals surface area contributed by atoms with E-state index in [9.17, 15) is 4.39 Å². The zero-order valence-corrected chi connectivity index (χ0v) is 11.6. The number of aliphatic imine (C=N–C) groups is 1. The number of aryl methyl sites for hydroxylation is 1. The Morgan fingerprint density at radius 2 is 2.12 bits per heavy atom. The molecule has 0 atom stereocenters. The standard InChI is InChI=1S/C11H16BrFN4/c1-6(2)15-11(17-14)16-10-5-8(12)9(13)4-7(10)3/h4-6H,14H2,1-3H3,(H2,15,16,17). The summed E-state index contributed by atoms with van der Waals surface area (Å²) < 4.78 is 13.6. The van der Waals surface area contributed by atoms with Crippen LogP contribution in [-0.4, -0.2) is 12.0 Å². The van der Waals surface area contributed by atoms with Gasteiger partial charge in [-0.3, -0.25) is 5.43 Å². The number of hydrazine groups is 1. The lowest BCUT2D eigenvalue weighted by atomic mass is 10.2. The van der Waals surface area contributed by atoms with Gasteiger partial charge in [-0.15, -0.1) is 0 Å². The molecule has 4 N–H and O–H groups in total. The molecule has 0 heterocycles. The molecule has 0 amide bonds. The van der Waals surface area contributed by atoms with Crippen LogP contribution in [0, 0.1) is 12.7 Å². The number of nitrogens with zero attached hydrogens (tertiary/aromatic N) is 1. The molecule has 0 aliphatic rings. The molecule has 94 valence electrons. The molecule has 1 rings (SSSR count). The predicted molar refractivity (Wildman–Crippen MR) is 72.4 cm³/mol. The lowest BCUT2D eigenvalue weighted by Crippen LogP contribution is -2.37. The van der Waals surface area contributed by atoms with E-state index in [0.29, 0.717) is 10.4 Å². The van der Waals surface area contributed by atoms with Gasteiger partial charge in [-0.05, 0) is 54.4 Å². The van der Waals surface area contributed by atoms with Crippen molar-refractivity contribution in [2.75, 3.05) is 5.32 Å². The molecule has 0 aromatic heterocycles. The second-order valence-electron chi connectivity index (χ2n) is 3.92. The average molecular weight is 303 g/mol. The van der Waals surface area contributed by atoms with Crippen molar-refractivity contribution in [2.24, 2.45) is 10.8 Å². The number of hydrogen-bond donors (Lipinski definition) is 3. The van der Waals surface area contributed by atoms with E-state index < -0.39 is 0 Å². The summed E-state index contributed by atoms with van der Waals surface area (Å²) in [6.45, 7) is 5.68. The normalized spacial score (nSPS) is 11.8. The maximum Gasteiger partial charge on any atom is 0.210 e. The zero-order valence-electron chi connectivity index (χ0n) is 10.0. The highest BCUT2D eigenvalue weighted by atomic mass is 79.9. The van der Waals surface area contributed by atoms with Crippen LogP contribution in [0.15, 0.2) is 21.6 Å². The van der Waals surface area contributed by atoms with Crippen molar-refractivity contribution >= 4 is 27.6 Å². The molecule has 17 heavy (non-hydrogen) atoms. The molecule has 1 aromatic rings. The first-order chi connectivity index (χ1) is 7.93. The second-order valence-corrected chi connectivity index (χ2v) is 4.78. The molecule has 0 spiro atoms. The molecule has 1 aromatic carbocycles. The van der Waals surface area contributed by atoms with Gasteiger partial charge in [0.05, 0.1) is 4.47 Å². The van der Waals surface area contributed by atoms with Gasteiger partial charge in [0.15, 0.2) is 0 Å². The van der Waals surface area contributed by atoms with Crippen LogP contribution in [0.1, 0.15) is 19.4 Å². The Kier molecular flexibility index (Phi) is 4.89. The Labute approximate surface area is 109 Å². The molecule has 0 radical (unpaired) electrons. The van der Waals surface area contributed by atoms with Crippen LogP contribution < -0.4 is 16.6 Å². The summed E-state index contributed by atoms with van der Waals surface area (Å²) in [6, 6.07) is 3.20. The van der Waals surface area contributed by atoms with Gasteiger partial charge in [-0.1, -0.05) is 0 Å². The Hall–Kier alpha value is -1.14. The third-order valence-electron chi connectivity index (χ3n) is 2.04. The van der Waals surface area contributed by atoms with Crippen molar-refractivity contribution in [1.82, 2.24) is 5.43 Å². The molecule has 0 aliphatic heterocycles. The van der Waals surface area contributed by atoms with Gasteiger partial charge in [0.2, 0.25) is 5.96 Å². The molecular formula is C11H16BrFN4. The van der Waals surface area contributed by atoms with E-state index in [2.05, 4.69) is 31.7 Å². The van der Waals surface area contributed by atoms with Gasteiger partial charge in [-0.25, -0.2) is 15.2 Å². The SMILES string of the molecule is Cc1cc(F)c(Br)cc1NC(=NC(C)C)NN. The maximum atomic E-state index is 13.2. The molecule has 6 heteroatoms. The summed E-state index contributed by atoms with van der Waals surface area (Å²) in [6.07, 6.45) is 0. The summed E-state index contributed by atoms with van der Waals surface area (Å²) >= 11 is 3.14. The third-order valence-corrected chi connectivity index (χ3v) is 2.65. The number of hydrogen-bond acceptors (Lipinski definition) is 2. The van der Waals surface area contributed by atoms with Crippen molar-refractivity contribution in [1.29, 1.82) is 0 Å². The van der Waals surface area contributed by atoms with Crippen LogP contribution >= 0.6 is 15.9 Å². The number of halogens is 2. The Balaban J connectivity index is 2.98. The van der Waals surface area contributed by atoms with Crippen molar-refractivity contribution in [3.63, 3.8) is 0 Å². The van der Waals surface area contributed by atoms with Gasteiger partial charge in [0, 0.05) is 11.7 Å². The largest absolute Gasteiger partial charge is 0.325 e. The third kappa shape index (κ3) is 3.98. The molecule has 0 saturated heterocycles. The van der Waals surface area contributed by atoms with Crippen LogP contribution in [0.3, 0.4) is 0 Å². The Morgan fingerprint density at radius 1 is 1.47 bits per heavy atom. The van der Waals surface area contributed by atoms with Crippen molar-refractivity contribution in [3.05, 3.63) is 28.0 Å². The minimum absolute atomic E-state index is 0.109. The Morgan fingerprint density at radius 3 is 2.65 bits per heavy atom. The minimum atomic E-state index is -0.295. The smallest absolute Gasteiger partial charge is 0.210 e. The predicted octanol–water partition coefficient (Wildman–Crippen LogP) is 2.54.